The summed E-state index contributed by atoms with van der Waals surface area (Å²) in [5.41, 5.74) is 13.5. The van der Waals surface area contributed by atoms with Gasteiger partial charge in [-0.1, -0.05) is 42.5 Å². The highest BCUT2D eigenvalue weighted by Gasteiger charge is 2.32. The number of nitrogens with two attached hydrogens (primary N) is 1. The number of methoxy groups -OCH3 is 1. The Morgan fingerprint density at radius 1 is 0.980 bits per heavy atom. The highest BCUT2D eigenvalue weighted by molar-refractivity contribution is 7.13. The average molecular weight is 701 g/mol. The number of benzene rings is 3. The summed E-state index contributed by atoms with van der Waals surface area (Å²) in [7, 11) is 1.28. The molecule has 3 N–H and O–H groups in total. The predicted octanol–water partition coefficient (Wildman–Crippen LogP) is 7.89. The highest BCUT2D eigenvalue weighted by atomic mass is 32.1. The van der Waals surface area contributed by atoms with E-state index in [2.05, 4.69) is 16.4 Å². The molecule has 2 aliphatic heterocycles. The van der Waals surface area contributed by atoms with E-state index in [4.69, 9.17) is 15.2 Å². The highest BCUT2D eigenvalue weighted by Crippen LogP contribution is 2.44. The van der Waals surface area contributed by atoms with Crippen LogP contribution >= 0.6 is 11.3 Å². The average Bonchev–Trinajstić information content (AvgIpc) is 3.56. The summed E-state index contributed by atoms with van der Waals surface area (Å²) in [6.45, 7) is 5.30. The number of rotatable bonds is 7. The monoisotopic (exact) mass is 700 g/mol. The normalized spacial score (nSPS) is 15.2. The fourth-order valence-corrected chi connectivity index (χ4v) is 8.24. The van der Waals surface area contributed by atoms with E-state index >= 15 is 0 Å². The van der Waals surface area contributed by atoms with Crippen LogP contribution in [0, 0.1) is 13.8 Å². The van der Waals surface area contributed by atoms with Crippen molar-refractivity contribution in [1.82, 2.24) is 9.88 Å². The molecule has 260 valence electrons. The van der Waals surface area contributed by atoms with E-state index in [0.717, 1.165) is 63.9 Å². The Hall–Kier alpha value is -5.32. The quantitative estimate of drug-likeness (QED) is 0.166. The standard InChI is InChI=1S/C41H40N4O5S/c1-24-19-26(23-42)20-25(2)36(24)44-39(46)31-21-32-35(50-17-14-28-15-18-51-38(28)32)22-30(31)29-12-13-33(43-37(29)41(48)49-3)40(47)45-16-8-7-11-34(45)27-9-5-4-6-10-27/h4-6,9-10,12-13,15,18-22,34H,7-8,11,14,16-17,23,42H2,1-3H3,(H,44,46)/t34-/m1/s1. The molecule has 2 aliphatic rings. The lowest BCUT2D eigenvalue weighted by molar-refractivity contribution is 0.0590. The summed E-state index contributed by atoms with van der Waals surface area (Å²) < 4.78 is 11.5. The predicted molar refractivity (Wildman–Crippen MR) is 199 cm³/mol. The van der Waals surface area contributed by atoms with Crippen LogP contribution in [0.5, 0.6) is 5.75 Å². The van der Waals surface area contributed by atoms with Gasteiger partial charge in [-0.3, -0.25) is 9.59 Å². The third-order valence-electron chi connectivity index (χ3n) is 9.78. The van der Waals surface area contributed by atoms with Crippen LogP contribution in [0.3, 0.4) is 0 Å². The summed E-state index contributed by atoms with van der Waals surface area (Å²) in [5, 5.41) is 5.18. The van der Waals surface area contributed by atoms with Crippen molar-refractivity contribution < 1.29 is 23.9 Å². The second-order valence-corrected chi connectivity index (χ2v) is 14.0. The zero-order chi connectivity index (χ0) is 35.6. The number of pyridine rings is 1. The summed E-state index contributed by atoms with van der Waals surface area (Å²) >= 11 is 1.59. The number of hydrogen-bond donors (Lipinski definition) is 2. The molecule has 2 aromatic heterocycles. The molecular formula is C41H40N4O5S. The number of piperidine rings is 1. The van der Waals surface area contributed by atoms with Crippen LogP contribution in [-0.4, -0.2) is 47.9 Å². The molecule has 1 fully saturated rings. The summed E-state index contributed by atoms with van der Waals surface area (Å²) in [5.74, 6) is -0.750. The fourth-order valence-electron chi connectivity index (χ4n) is 7.27. The molecule has 0 bridgehead atoms. The largest absolute Gasteiger partial charge is 0.493 e. The summed E-state index contributed by atoms with van der Waals surface area (Å²) in [6, 6.07) is 22.9. The van der Waals surface area contributed by atoms with E-state index in [1.54, 1.807) is 29.5 Å². The van der Waals surface area contributed by atoms with Crippen LogP contribution in [-0.2, 0) is 17.7 Å². The zero-order valence-electron chi connectivity index (χ0n) is 29.0. The minimum Gasteiger partial charge on any atom is -0.493 e. The van der Waals surface area contributed by atoms with E-state index in [1.807, 2.05) is 72.7 Å². The van der Waals surface area contributed by atoms with E-state index in [0.29, 0.717) is 47.8 Å². The van der Waals surface area contributed by atoms with Gasteiger partial charge in [0.1, 0.15) is 11.4 Å². The van der Waals surface area contributed by atoms with Gasteiger partial charge in [-0.05, 0) is 96.6 Å². The van der Waals surface area contributed by atoms with Crippen molar-refractivity contribution in [3.63, 3.8) is 0 Å². The number of nitrogens with zero attached hydrogens (tertiary/aromatic N) is 2. The smallest absolute Gasteiger partial charge is 0.357 e. The van der Waals surface area contributed by atoms with Gasteiger partial charge in [0.2, 0.25) is 0 Å². The molecule has 0 radical (unpaired) electrons. The summed E-state index contributed by atoms with van der Waals surface area (Å²) in [6.07, 6.45) is 3.45. The number of thiophene rings is 1. The molecule has 0 unspecified atom stereocenters. The number of anilines is 1. The van der Waals surface area contributed by atoms with E-state index in [-0.39, 0.29) is 29.2 Å². The Morgan fingerprint density at radius 3 is 2.51 bits per heavy atom. The second-order valence-electron chi connectivity index (χ2n) is 13.0. The molecule has 7 rings (SSSR count). The first-order valence-electron chi connectivity index (χ1n) is 17.2. The van der Waals surface area contributed by atoms with E-state index in [1.165, 1.54) is 7.11 Å². The lowest BCUT2D eigenvalue weighted by atomic mass is 9.93. The number of amides is 2. The second kappa shape index (κ2) is 14.5. The van der Waals surface area contributed by atoms with Crippen LogP contribution < -0.4 is 15.8 Å². The number of nitrogens with one attached hydrogen (secondary N) is 1. The number of ether oxygens (including phenoxy) is 2. The van der Waals surface area contributed by atoms with Crippen molar-refractivity contribution in [1.29, 1.82) is 0 Å². The van der Waals surface area contributed by atoms with Crippen molar-refractivity contribution >= 4 is 34.8 Å². The van der Waals surface area contributed by atoms with Crippen molar-refractivity contribution in [3.8, 4) is 27.3 Å². The molecule has 1 atom stereocenters. The molecular weight excluding hydrogens is 661 g/mol. The topological polar surface area (TPSA) is 124 Å². The number of carbonyl (C=O) groups excluding carboxylic acids is 3. The van der Waals surface area contributed by atoms with Crippen molar-refractivity contribution in [3.05, 3.63) is 123 Å². The van der Waals surface area contributed by atoms with Gasteiger partial charge in [-0.25, -0.2) is 9.78 Å². The van der Waals surface area contributed by atoms with Crippen LogP contribution in [0.2, 0.25) is 0 Å². The molecule has 9 nitrogen and oxygen atoms in total. The molecule has 51 heavy (non-hydrogen) atoms. The molecule has 0 spiro atoms. The lowest BCUT2D eigenvalue weighted by Crippen LogP contribution is -2.39. The van der Waals surface area contributed by atoms with Crippen molar-refractivity contribution in [2.24, 2.45) is 5.73 Å². The van der Waals surface area contributed by atoms with Crippen molar-refractivity contribution in [2.75, 3.05) is 25.6 Å². The number of aromatic nitrogens is 1. The number of fused-ring (bicyclic) bond motifs is 3. The van der Waals surface area contributed by atoms with Gasteiger partial charge in [-0.15, -0.1) is 11.3 Å². The van der Waals surface area contributed by atoms with Crippen LogP contribution in [0.1, 0.15) is 84.5 Å². The maximum Gasteiger partial charge on any atom is 0.357 e. The third kappa shape index (κ3) is 6.64. The van der Waals surface area contributed by atoms with Gasteiger partial charge < -0.3 is 25.4 Å². The number of aryl methyl sites for hydroxylation is 2. The van der Waals surface area contributed by atoms with Crippen LogP contribution in [0.15, 0.2) is 78.2 Å². The lowest BCUT2D eigenvalue weighted by Gasteiger charge is -2.36. The Bertz CT molecular complexity index is 2120. The molecule has 4 heterocycles. The van der Waals surface area contributed by atoms with Crippen LogP contribution in [0.25, 0.3) is 21.6 Å². The first-order valence-corrected chi connectivity index (χ1v) is 18.1. The van der Waals surface area contributed by atoms with Gasteiger partial charge in [0.05, 0.1) is 19.8 Å². The van der Waals surface area contributed by atoms with Gasteiger partial charge in [0, 0.05) is 52.3 Å². The van der Waals surface area contributed by atoms with Gasteiger partial charge in [-0.2, -0.15) is 0 Å². The molecule has 0 aliphatic carbocycles. The van der Waals surface area contributed by atoms with Crippen LogP contribution in [0.4, 0.5) is 5.69 Å². The Morgan fingerprint density at radius 2 is 1.76 bits per heavy atom. The Kier molecular flexibility index (Phi) is 9.71. The van der Waals surface area contributed by atoms with Gasteiger partial charge in [0.15, 0.2) is 5.69 Å². The van der Waals surface area contributed by atoms with Crippen molar-refractivity contribution in [2.45, 2.75) is 52.1 Å². The Balaban J connectivity index is 1.35. The molecule has 5 aromatic rings. The number of carbonyl (C=O) groups is 3. The maximum absolute atomic E-state index is 14.4. The zero-order valence-corrected chi connectivity index (χ0v) is 29.8. The Labute approximate surface area is 301 Å². The molecule has 3 aromatic carbocycles. The molecule has 10 heteroatoms. The first-order chi connectivity index (χ1) is 24.8. The third-order valence-corrected chi connectivity index (χ3v) is 10.8. The van der Waals surface area contributed by atoms with E-state index < -0.39 is 5.97 Å². The molecule has 2 amide bonds. The SMILES string of the molecule is COC(=O)c1nc(C(=O)N2CCCC[C@@H]2c2ccccc2)ccc1-c1cc2c(cc1C(=O)Nc1c(C)cc(CN)cc1C)-c1sccc1CCO2. The fraction of sp³-hybridized carbons (Fsp3) is 0.268. The van der Waals surface area contributed by atoms with Gasteiger partial charge in [0.25, 0.3) is 11.8 Å². The van der Waals surface area contributed by atoms with E-state index in [9.17, 15) is 14.4 Å². The minimum absolute atomic E-state index is 0.0595. The first kappa shape index (κ1) is 34.1. The molecule has 1 saturated heterocycles. The van der Waals surface area contributed by atoms with Gasteiger partial charge >= 0.3 is 5.97 Å². The minimum atomic E-state index is -0.718. The summed E-state index contributed by atoms with van der Waals surface area (Å²) in [4.78, 5) is 49.6. The molecule has 0 saturated carbocycles. The number of esters is 1. The maximum atomic E-state index is 14.4. The number of hydrogen-bond acceptors (Lipinski definition) is 8. The number of likely N-dealkylation sites (tertiary alicyclic amines) is 1.